The molecule has 2 nitrogen and oxygen atoms in total. The molecule has 1 unspecified atom stereocenters. The van der Waals surface area contributed by atoms with Crippen LogP contribution in [0.2, 0.25) is 0 Å². The average molecular weight is 219 g/mol. The highest BCUT2D eigenvalue weighted by Crippen LogP contribution is 2.07. The average Bonchev–Trinajstić information content (AvgIpc) is 2.08. The van der Waals surface area contributed by atoms with Gasteiger partial charge in [-0.1, -0.05) is 13.3 Å². The number of nitrogens with one attached hydrogen (secondary N) is 1. The minimum Gasteiger partial charge on any atom is -0.391 e. The largest absolute Gasteiger partial charge is 0.391 e. The molecule has 86 valence electrons. The third-order valence-corrected chi connectivity index (χ3v) is 3.02. The molecule has 0 radical (unpaired) electrons. The summed E-state index contributed by atoms with van der Waals surface area (Å²) in [7, 11) is 0. The van der Waals surface area contributed by atoms with E-state index in [-0.39, 0.29) is 11.6 Å². The molecule has 0 aliphatic carbocycles. The van der Waals surface area contributed by atoms with Crippen molar-refractivity contribution < 1.29 is 5.11 Å². The topological polar surface area (TPSA) is 32.3 Å². The summed E-state index contributed by atoms with van der Waals surface area (Å²) in [5.74, 6) is 2.02. The molecule has 0 aromatic rings. The monoisotopic (exact) mass is 219 g/mol. The van der Waals surface area contributed by atoms with Crippen molar-refractivity contribution in [3.05, 3.63) is 0 Å². The predicted molar refractivity (Wildman–Crippen MR) is 66.0 cm³/mol. The molecule has 0 aromatic carbocycles. The van der Waals surface area contributed by atoms with Crippen LogP contribution in [0.5, 0.6) is 0 Å². The summed E-state index contributed by atoms with van der Waals surface area (Å²) < 4.78 is 0. The first-order valence-corrected chi connectivity index (χ1v) is 6.62. The zero-order valence-electron chi connectivity index (χ0n) is 9.97. The van der Waals surface area contributed by atoms with Crippen LogP contribution in [-0.2, 0) is 0 Å². The Kier molecular flexibility index (Phi) is 7.69. The molecule has 0 aromatic heterocycles. The first kappa shape index (κ1) is 14.3. The van der Waals surface area contributed by atoms with E-state index in [2.05, 4.69) is 33.0 Å². The van der Waals surface area contributed by atoms with Gasteiger partial charge in [-0.05, 0) is 32.9 Å². The van der Waals surface area contributed by atoms with E-state index in [4.69, 9.17) is 0 Å². The van der Waals surface area contributed by atoms with Crippen LogP contribution in [0.1, 0.15) is 40.5 Å². The van der Waals surface area contributed by atoms with E-state index in [0.717, 1.165) is 5.75 Å². The van der Waals surface area contributed by atoms with Gasteiger partial charge in [0.15, 0.2) is 0 Å². The summed E-state index contributed by atoms with van der Waals surface area (Å²) in [5.41, 5.74) is 0.106. The Bertz CT molecular complexity index is 134. The van der Waals surface area contributed by atoms with Crippen molar-refractivity contribution in [1.82, 2.24) is 5.32 Å². The van der Waals surface area contributed by atoms with Crippen LogP contribution in [0.25, 0.3) is 0 Å². The van der Waals surface area contributed by atoms with Crippen LogP contribution < -0.4 is 5.32 Å². The van der Waals surface area contributed by atoms with Crippen molar-refractivity contribution in [2.24, 2.45) is 0 Å². The van der Waals surface area contributed by atoms with Gasteiger partial charge in [0.1, 0.15) is 0 Å². The SMILES string of the molecule is CCCCSCC(O)CNC(C)(C)C. The summed E-state index contributed by atoms with van der Waals surface area (Å²) in [6.45, 7) is 9.23. The molecule has 0 rings (SSSR count). The third-order valence-electron chi connectivity index (χ3n) is 1.82. The maximum atomic E-state index is 9.63. The molecule has 0 bridgehead atoms. The van der Waals surface area contributed by atoms with Crippen LogP contribution >= 0.6 is 11.8 Å². The molecule has 0 fully saturated rings. The number of β-amino-alcohol motifs (C(OH)–C–C–N with tert-alkyl or cyclic N) is 1. The van der Waals surface area contributed by atoms with Crippen LogP contribution in [-0.4, -0.2) is 34.8 Å². The van der Waals surface area contributed by atoms with Crippen LogP contribution in [0, 0.1) is 0 Å². The van der Waals surface area contributed by atoms with Crippen molar-refractivity contribution in [3.63, 3.8) is 0 Å². The van der Waals surface area contributed by atoms with Crippen molar-refractivity contribution in [2.75, 3.05) is 18.1 Å². The quantitative estimate of drug-likeness (QED) is 0.644. The van der Waals surface area contributed by atoms with Gasteiger partial charge in [-0.15, -0.1) is 0 Å². The van der Waals surface area contributed by atoms with E-state index in [0.29, 0.717) is 6.54 Å². The highest BCUT2D eigenvalue weighted by molar-refractivity contribution is 7.99. The van der Waals surface area contributed by atoms with E-state index in [1.165, 1.54) is 18.6 Å². The summed E-state index contributed by atoms with van der Waals surface area (Å²) in [6.07, 6.45) is 2.28. The van der Waals surface area contributed by atoms with Gasteiger partial charge in [0.25, 0.3) is 0 Å². The van der Waals surface area contributed by atoms with Gasteiger partial charge in [-0.3, -0.25) is 0 Å². The Labute approximate surface area is 92.9 Å². The second kappa shape index (κ2) is 7.55. The second-order valence-electron chi connectivity index (χ2n) is 4.71. The Morgan fingerprint density at radius 2 is 2.00 bits per heavy atom. The summed E-state index contributed by atoms with van der Waals surface area (Å²) in [4.78, 5) is 0. The summed E-state index contributed by atoms with van der Waals surface area (Å²) >= 11 is 1.85. The number of unbranched alkanes of at least 4 members (excludes halogenated alkanes) is 1. The van der Waals surface area contributed by atoms with E-state index in [1.54, 1.807) is 0 Å². The lowest BCUT2D eigenvalue weighted by atomic mass is 10.1. The minimum atomic E-state index is -0.212. The number of hydrogen-bond acceptors (Lipinski definition) is 3. The van der Waals surface area contributed by atoms with Crippen LogP contribution in [0.4, 0.5) is 0 Å². The van der Waals surface area contributed by atoms with Crippen LogP contribution in [0.15, 0.2) is 0 Å². The lowest BCUT2D eigenvalue weighted by Gasteiger charge is -2.22. The standard InChI is InChI=1S/C11H25NOS/c1-5-6-7-14-9-10(13)8-12-11(2,3)4/h10,12-13H,5-9H2,1-4H3. The second-order valence-corrected chi connectivity index (χ2v) is 5.86. The Morgan fingerprint density at radius 1 is 1.36 bits per heavy atom. The molecular formula is C11H25NOS. The highest BCUT2D eigenvalue weighted by atomic mass is 32.2. The van der Waals surface area contributed by atoms with Gasteiger partial charge in [0.2, 0.25) is 0 Å². The molecule has 0 aliphatic rings. The number of hydrogen-bond donors (Lipinski definition) is 2. The van der Waals surface area contributed by atoms with E-state index in [1.807, 2.05) is 11.8 Å². The highest BCUT2D eigenvalue weighted by Gasteiger charge is 2.11. The molecule has 0 saturated heterocycles. The fourth-order valence-electron chi connectivity index (χ4n) is 0.949. The maximum Gasteiger partial charge on any atom is 0.0755 e. The minimum absolute atomic E-state index is 0.106. The van der Waals surface area contributed by atoms with Crippen molar-refractivity contribution in [2.45, 2.75) is 52.2 Å². The first-order chi connectivity index (χ1) is 6.45. The maximum absolute atomic E-state index is 9.63. The molecule has 1 atom stereocenters. The first-order valence-electron chi connectivity index (χ1n) is 5.46. The molecule has 0 saturated carbocycles. The fraction of sp³-hybridized carbons (Fsp3) is 1.00. The normalized spacial score (nSPS) is 14.4. The smallest absolute Gasteiger partial charge is 0.0755 e. The summed E-state index contributed by atoms with van der Waals surface area (Å²) in [5, 5.41) is 12.9. The third kappa shape index (κ3) is 10.4. The number of thioether (sulfide) groups is 1. The molecule has 0 spiro atoms. The molecule has 14 heavy (non-hydrogen) atoms. The molecule has 0 heterocycles. The van der Waals surface area contributed by atoms with Gasteiger partial charge in [0, 0.05) is 17.8 Å². The molecule has 3 heteroatoms. The van der Waals surface area contributed by atoms with Gasteiger partial charge in [-0.25, -0.2) is 0 Å². The lowest BCUT2D eigenvalue weighted by Crippen LogP contribution is -2.41. The van der Waals surface area contributed by atoms with Crippen molar-refractivity contribution in [3.8, 4) is 0 Å². The number of rotatable bonds is 7. The van der Waals surface area contributed by atoms with Gasteiger partial charge >= 0.3 is 0 Å². The number of aliphatic hydroxyl groups excluding tert-OH is 1. The van der Waals surface area contributed by atoms with Gasteiger partial charge in [-0.2, -0.15) is 11.8 Å². The number of aliphatic hydroxyl groups is 1. The fourth-order valence-corrected chi connectivity index (χ4v) is 2.00. The van der Waals surface area contributed by atoms with E-state index >= 15 is 0 Å². The van der Waals surface area contributed by atoms with Crippen molar-refractivity contribution in [1.29, 1.82) is 0 Å². The zero-order valence-corrected chi connectivity index (χ0v) is 10.8. The Morgan fingerprint density at radius 3 is 2.50 bits per heavy atom. The molecule has 0 aliphatic heterocycles. The molecule has 2 N–H and O–H groups in total. The Hall–Kier alpha value is 0.270. The van der Waals surface area contributed by atoms with Gasteiger partial charge < -0.3 is 10.4 Å². The zero-order chi connectivity index (χ0) is 11.0. The Balaban J connectivity index is 3.32. The van der Waals surface area contributed by atoms with Gasteiger partial charge in [0.05, 0.1) is 6.10 Å². The summed E-state index contributed by atoms with van der Waals surface area (Å²) in [6, 6.07) is 0. The van der Waals surface area contributed by atoms with Crippen molar-refractivity contribution >= 4 is 11.8 Å². The van der Waals surface area contributed by atoms with E-state index < -0.39 is 0 Å². The molecular weight excluding hydrogens is 194 g/mol. The molecule has 0 amide bonds. The lowest BCUT2D eigenvalue weighted by molar-refractivity contribution is 0.183. The van der Waals surface area contributed by atoms with E-state index in [9.17, 15) is 5.11 Å². The predicted octanol–water partition coefficient (Wildman–Crippen LogP) is 2.27. The van der Waals surface area contributed by atoms with Crippen LogP contribution in [0.3, 0.4) is 0 Å².